The van der Waals surface area contributed by atoms with E-state index in [2.05, 4.69) is 5.32 Å². The van der Waals surface area contributed by atoms with Crippen molar-refractivity contribution in [3.8, 4) is 5.75 Å². The number of methoxy groups -OCH3 is 1. The monoisotopic (exact) mass is 651 g/mol. The quantitative estimate of drug-likeness (QED) is 0.198. The summed E-state index contributed by atoms with van der Waals surface area (Å²) in [4.78, 5) is 29.3. The van der Waals surface area contributed by atoms with E-state index in [-0.39, 0.29) is 34.3 Å². The second-order valence-corrected chi connectivity index (χ2v) is 12.7. The van der Waals surface area contributed by atoms with Crippen molar-refractivity contribution in [3.05, 3.63) is 125 Å². The van der Waals surface area contributed by atoms with Gasteiger partial charge in [-0.25, -0.2) is 12.8 Å². The van der Waals surface area contributed by atoms with Crippen LogP contribution in [-0.4, -0.2) is 51.4 Å². The number of carbonyl (C=O) groups excluding carboxylic acids is 2. The number of nitrogens with zero attached hydrogens (tertiary/aromatic N) is 2. The van der Waals surface area contributed by atoms with E-state index in [0.29, 0.717) is 12.1 Å². The molecular formula is C34H35ClFN3O5S. The topological polar surface area (TPSA) is 96.0 Å². The van der Waals surface area contributed by atoms with Gasteiger partial charge in [0, 0.05) is 24.5 Å². The van der Waals surface area contributed by atoms with Gasteiger partial charge >= 0.3 is 0 Å². The van der Waals surface area contributed by atoms with Gasteiger partial charge in [-0.2, -0.15) is 0 Å². The fourth-order valence-corrected chi connectivity index (χ4v) is 6.42. The molecular weight excluding hydrogens is 617 g/mol. The van der Waals surface area contributed by atoms with Crippen LogP contribution in [0, 0.1) is 12.7 Å². The Morgan fingerprint density at radius 1 is 0.933 bits per heavy atom. The molecule has 4 aromatic rings. The highest BCUT2D eigenvalue weighted by Gasteiger charge is 2.35. The van der Waals surface area contributed by atoms with Gasteiger partial charge in [0.1, 0.15) is 24.2 Å². The first-order valence-corrected chi connectivity index (χ1v) is 16.1. The Labute approximate surface area is 268 Å². The molecule has 0 bridgehead atoms. The Balaban J connectivity index is 1.84. The van der Waals surface area contributed by atoms with Gasteiger partial charge in [0.15, 0.2) is 0 Å². The molecule has 8 nitrogen and oxygen atoms in total. The number of amides is 2. The summed E-state index contributed by atoms with van der Waals surface area (Å²) in [6.45, 7) is 3.15. The molecule has 0 aliphatic carbocycles. The largest absolute Gasteiger partial charge is 0.495 e. The lowest BCUT2D eigenvalue weighted by molar-refractivity contribution is -0.140. The van der Waals surface area contributed by atoms with Crippen LogP contribution in [0.2, 0.25) is 5.02 Å². The summed E-state index contributed by atoms with van der Waals surface area (Å²) < 4.78 is 48.7. The first-order chi connectivity index (χ1) is 21.5. The molecule has 0 saturated carbocycles. The first kappa shape index (κ1) is 33.5. The van der Waals surface area contributed by atoms with Crippen molar-refractivity contribution in [3.63, 3.8) is 0 Å². The molecule has 0 aliphatic heterocycles. The maximum absolute atomic E-state index is 14.4. The molecule has 0 unspecified atom stereocenters. The van der Waals surface area contributed by atoms with E-state index < -0.39 is 40.2 Å². The minimum Gasteiger partial charge on any atom is -0.495 e. The molecule has 0 aliphatic rings. The average Bonchev–Trinajstić information content (AvgIpc) is 3.03. The Hall–Kier alpha value is -4.41. The van der Waals surface area contributed by atoms with Crippen LogP contribution < -0.4 is 14.4 Å². The van der Waals surface area contributed by atoms with E-state index >= 15 is 0 Å². The molecule has 0 saturated heterocycles. The van der Waals surface area contributed by atoms with Gasteiger partial charge < -0.3 is 15.0 Å². The van der Waals surface area contributed by atoms with E-state index in [1.54, 1.807) is 25.1 Å². The van der Waals surface area contributed by atoms with Crippen LogP contribution in [0.4, 0.5) is 10.1 Å². The van der Waals surface area contributed by atoms with Crippen molar-refractivity contribution >= 4 is 39.1 Å². The van der Waals surface area contributed by atoms with Gasteiger partial charge in [0.2, 0.25) is 11.8 Å². The Morgan fingerprint density at radius 2 is 1.60 bits per heavy atom. The zero-order chi connectivity index (χ0) is 32.6. The van der Waals surface area contributed by atoms with Gasteiger partial charge in [-0.15, -0.1) is 0 Å². The maximum Gasteiger partial charge on any atom is 0.264 e. The zero-order valence-electron chi connectivity index (χ0n) is 25.2. The number of benzene rings is 4. The summed E-state index contributed by atoms with van der Waals surface area (Å²) in [5.41, 5.74) is 2.26. The number of ether oxygens (including phenoxy) is 1. The van der Waals surface area contributed by atoms with E-state index in [0.717, 1.165) is 15.4 Å². The fourth-order valence-electron chi connectivity index (χ4n) is 4.84. The molecule has 0 heterocycles. The third kappa shape index (κ3) is 8.40. The van der Waals surface area contributed by atoms with Crippen LogP contribution in [0.15, 0.2) is 102 Å². The van der Waals surface area contributed by atoms with E-state index in [1.807, 2.05) is 37.3 Å². The Morgan fingerprint density at radius 3 is 2.22 bits per heavy atom. The fraction of sp³-hybridized carbons (Fsp3) is 0.235. The molecule has 1 N–H and O–H groups in total. The van der Waals surface area contributed by atoms with Crippen molar-refractivity contribution in [2.45, 2.75) is 37.8 Å². The minimum absolute atomic E-state index is 0.0439. The summed E-state index contributed by atoms with van der Waals surface area (Å²) in [7, 11) is -2.96. The molecule has 1 atom stereocenters. The number of halogens is 2. The highest BCUT2D eigenvalue weighted by atomic mass is 35.5. The summed E-state index contributed by atoms with van der Waals surface area (Å²) >= 11 is 6.32. The number of rotatable bonds is 13. The predicted octanol–water partition coefficient (Wildman–Crippen LogP) is 5.77. The van der Waals surface area contributed by atoms with Crippen molar-refractivity contribution in [2.75, 3.05) is 24.5 Å². The summed E-state index contributed by atoms with van der Waals surface area (Å²) in [5.74, 6) is -1.35. The van der Waals surface area contributed by atoms with Crippen LogP contribution >= 0.6 is 11.6 Å². The number of nitrogens with one attached hydrogen (secondary N) is 1. The molecule has 0 radical (unpaired) electrons. The molecule has 0 aromatic heterocycles. The van der Waals surface area contributed by atoms with Gasteiger partial charge in [-0.3, -0.25) is 13.9 Å². The van der Waals surface area contributed by atoms with Gasteiger partial charge in [0.25, 0.3) is 10.0 Å². The first-order valence-electron chi connectivity index (χ1n) is 14.3. The molecule has 2 amide bonds. The SMILES string of the molecule is CCNC(=O)[C@H](Cc1ccccc1)N(Cc1ccc(F)cc1)C(=O)CN(c1cc(Cl)ccc1OC)S(=O)(=O)c1ccc(C)cc1. The van der Waals surface area contributed by atoms with E-state index in [1.165, 1.54) is 60.5 Å². The highest BCUT2D eigenvalue weighted by molar-refractivity contribution is 7.92. The number of carbonyl (C=O) groups is 2. The number of aryl methyl sites for hydroxylation is 1. The Bertz CT molecular complexity index is 1720. The number of hydrogen-bond acceptors (Lipinski definition) is 5. The standard InChI is InChI=1S/C34H35ClFN3O5S/c1-4-37-34(41)31(20-25-8-6-5-7-9-25)38(22-26-12-15-28(36)16-13-26)33(40)23-39(30-21-27(35)14-19-32(30)44-3)45(42,43)29-17-10-24(2)11-18-29/h5-19,21,31H,4,20,22-23H2,1-3H3,(H,37,41)/t31-/m0/s1. The van der Waals surface area contributed by atoms with Crippen molar-refractivity contribution < 1.29 is 27.1 Å². The average molecular weight is 652 g/mol. The number of anilines is 1. The highest BCUT2D eigenvalue weighted by Crippen LogP contribution is 2.35. The van der Waals surface area contributed by atoms with Crippen LogP contribution in [0.3, 0.4) is 0 Å². The summed E-state index contributed by atoms with van der Waals surface area (Å²) in [6.07, 6.45) is 0.158. The Kier molecular flexibility index (Phi) is 11.2. The summed E-state index contributed by atoms with van der Waals surface area (Å²) in [6, 6.07) is 24.5. The molecule has 45 heavy (non-hydrogen) atoms. The lowest BCUT2D eigenvalue weighted by Gasteiger charge is -2.34. The lowest BCUT2D eigenvalue weighted by Crippen LogP contribution is -2.53. The van der Waals surface area contributed by atoms with Crippen molar-refractivity contribution in [1.82, 2.24) is 10.2 Å². The third-order valence-electron chi connectivity index (χ3n) is 7.19. The van der Waals surface area contributed by atoms with Gasteiger partial charge in [0.05, 0.1) is 17.7 Å². The van der Waals surface area contributed by atoms with Crippen LogP contribution in [0.25, 0.3) is 0 Å². The summed E-state index contributed by atoms with van der Waals surface area (Å²) in [5, 5.41) is 3.04. The van der Waals surface area contributed by atoms with Crippen LogP contribution in [0.1, 0.15) is 23.6 Å². The third-order valence-corrected chi connectivity index (χ3v) is 9.19. The van der Waals surface area contributed by atoms with E-state index in [4.69, 9.17) is 16.3 Å². The normalized spacial score (nSPS) is 11.8. The van der Waals surface area contributed by atoms with Crippen LogP contribution in [0.5, 0.6) is 5.75 Å². The second kappa shape index (κ2) is 15.0. The molecule has 236 valence electrons. The smallest absolute Gasteiger partial charge is 0.264 e. The molecule has 11 heteroatoms. The molecule has 4 aromatic carbocycles. The number of sulfonamides is 1. The minimum atomic E-state index is -4.35. The molecule has 0 fully saturated rings. The molecule has 4 rings (SSSR count). The molecule has 0 spiro atoms. The predicted molar refractivity (Wildman–Crippen MR) is 173 cm³/mol. The number of likely N-dealkylation sites (N-methyl/N-ethyl adjacent to an activating group) is 1. The lowest BCUT2D eigenvalue weighted by atomic mass is 10.0. The van der Waals surface area contributed by atoms with E-state index in [9.17, 15) is 22.4 Å². The second-order valence-electron chi connectivity index (χ2n) is 10.4. The number of hydrogen-bond donors (Lipinski definition) is 1. The van der Waals surface area contributed by atoms with Gasteiger partial charge in [-0.1, -0.05) is 71.8 Å². The van der Waals surface area contributed by atoms with Crippen molar-refractivity contribution in [1.29, 1.82) is 0 Å². The zero-order valence-corrected chi connectivity index (χ0v) is 26.8. The van der Waals surface area contributed by atoms with Crippen molar-refractivity contribution in [2.24, 2.45) is 0 Å². The van der Waals surface area contributed by atoms with Gasteiger partial charge in [-0.05, 0) is 67.4 Å². The van der Waals surface area contributed by atoms with Crippen LogP contribution in [-0.2, 0) is 32.6 Å². The maximum atomic E-state index is 14.4.